The van der Waals surface area contributed by atoms with Crippen molar-refractivity contribution in [1.29, 1.82) is 0 Å². The summed E-state index contributed by atoms with van der Waals surface area (Å²) < 4.78 is 0. The fraction of sp³-hybridized carbons (Fsp3) is 1.00. The Balaban J connectivity index is 1.62. The number of likely N-dealkylation sites (tertiary alicyclic amines) is 1. The van der Waals surface area contributed by atoms with Crippen LogP contribution in [0.15, 0.2) is 0 Å². The predicted molar refractivity (Wildman–Crippen MR) is 78.8 cm³/mol. The van der Waals surface area contributed by atoms with Gasteiger partial charge in [-0.2, -0.15) is 0 Å². The van der Waals surface area contributed by atoms with E-state index in [1.54, 1.807) is 0 Å². The first-order chi connectivity index (χ1) is 8.63. The fourth-order valence-corrected chi connectivity index (χ4v) is 3.93. The standard InChI is InChI=1S/C16H32N2/c1-4-17-10-7-15-5-8-16(9-6-15)12-18(13-16)11-14(2)3/h14-15,17H,4-13H2,1-3H3. The lowest BCUT2D eigenvalue weighted by Crippen LogP contribution is -2.58. The molecule has 0 atom stereocenters. The molecule has 2 heteroatoms. The molecule has 18 heavy (non-hydrogen) atoms. The maximum atomic E-state index is 3.46. The van der Waals surface area contributed by atoms with Crippen LogP contribution in [0.3, 0.4) is 0 Å². The molecule has 0 radical (unpaired) electrons. The Labute approximate surface area is 114 Å². The molecule has 2 rings (SSSR count). The van der Waals surface area contributed by atoms with Crippen molar-refractivity contribution in [2.45, 2.75) is 52.9 Å². The van der Waals surface area contributed by atoms with E-state index in [0.717, 1.165) is 23.8 Å². The van der Waals surface area contributed by atoms with E-state index < -0.39 is 0 Å². The molecular weight excluding hydrogens is 220 g/mol. The third-order valence-corrected chi connectivity index (χ3v) is 4.89. The van der Waals surface area contributed by atoms with Crippen LogP contribution in [0.4, 0.5) is 0 Å². The molecular formula is C16H32N2. The molecule has 2 fully saturated rings. The van der Waals surface area contributed by atoms with E-state index in [4.69, 9.17) is 0 Å². The molecule has 1 N–H and O–H groups in total. The van der Waals surface area contributed by atoms with Gasteiger partial charge in [0.15, 0.2) is 0 Å². The SMILES string of the molecule is CCNCCC1CCC2(CC1)CN(CC(C)C)C2. The minimum Gasteiger partial charge on any atom is -0.317 e. The Hall–Kier alpha value is -0.0800. The van der Waals surface area contributed by atoms with Crippen LogP contribution in [0.1, 0.15) is 52.9 Å². The van der Waals surface area contributed by atoms with Gasteiger partial charge in [-0.1, -0.05) is 20.8 Å². The molecule has 1 aliphatic heterocycles. The third-order valence-electron chi connectivity index (χ3n) is 4.89. The smallest absolute Gasteiger partial charge is 0.00506 e. The molecule has 0 unspecified atom stereocenters. The molecule has 1 aliphatic carbocycles. The Morgan fingerprint density at radius 3 is 2.44 bits per heavy atom. The maximum Gasteiger partial charge on any atom is 0.00506 e. The molecule has 0 aromatic carbocycles. The van der Waals surface area contributed by atoms with Crippen LogP contribution >= 0.6 is 0 Å². The lowest BCUT2D eigenvalue weighted by Gasteiger charge is -2.54. The lowest BCUT2D eigenvalue weighted by atomic mass is 9.65. The van der Waals surface area contributed by atoms with E-state index in [-0.39, 0.29) is 0 Å². The molecule has 0 aromatic rings. The number of nitrogens with one attached hydrogen (secondary N) is 1. The zero-order valence-electron chi connectivity index (χ0n) is 12.7. The zero-order chi connectivity index (χ0) is 13.0. The van der Waals surface area contributed by atoms with Crippen molar-refractivity contribution >= 4 is 0 Å². The molecule has 2 aliphatic rings. The van der Waals surface area contributed by atoms with Crippen LogP contribution in [-0.2, 0) is 0 Å². The van der Waals surface area contributed by atoms with Gasteiger partial charge in [0.05, 0.1) is 0 Å². The molecule has 1 spiro atoms. The van der Waals surface area contributed by atoms with E-state index in [9.17, 15) is 0 Å². The van der Waals surface area contributed by atoms with Crippen molar-refractivity contribution in [3.63, 3.8) is 0 Å². The summed E-state index contributed by atoms with van der Waals surface area (Å²) in [5, 5.41) is 3.46. The van der Waals surface area contributed by atoms with Gasteiger partial charge in [-0.05, 0) is 62.4 Å². The summed E-state index contributed by atoms with van der Waals surface area (Å²) in [7, 11) is 0. The topological polar surface area (TPSA) is 15.3 Å². The van der Waals surface area contributed by atoms with Crippen LogP contribution < -0.4 is 5.32 Å². The summed E-state index contributed by atoms with van der Waals surface area (Å²) in [6, 6.07) is 0. The van der Waals surface area contributed by atoms with E-state index in [1.807, 2.05) is 0 Å². The van der Waals surface area contributed by atoms with E-state index in [0.29, 0.717) is 0 Å². The summed E-state index contributed by atoms with van der Waals surface area (Å²) in [5.74, 6) is 1.84. The molecule has 2 nitrogen and oxygen atoms in total. The highest BCUT2D eigenvalue weighted by molar-refractivity contribution is 4.97. The molecule has 0 bridgehead atoms. The van der Waals surface area contributed by atoms with Crippen molar-refractivity contribution in [2.75, 3.05) is 32.7 Å². The second-order valence-corrected chi connectivity index (χ2v) is 7.15. The van der Waals surface area contributed by atoms with Crippen molar-refractivity contribution in [1.82, 2.24) is 10.2 Å². The Morgan fingerprint density at radius 2 is 1.89 bits per heavy atom. The number of hydrogen-bond acceptors (Lipinski definition) is 2. The Bertz CT molecular complexity index is 233. The minimum atomic E-state index is 0.740. The van der Waals surface area contributed by atoms with Crippen LogP contribution in [0.2, 0.25) is 0 Å². The maximum absolute atomic E-state index is 3.46. The van der Waals surface area contributed by atoms with Gasteiger partial charge < -0.3 is 10.2 Å². The fourth-order valence-electron chi connectivity index (χ4n) is 3.93. The molecule has 1 heterocycles. The average molecular weight is 252 g/mol. The second kappa shape index (κ2) is 6.38. The summed E-state index contributed by atoms with van der Waals surface area (Å²) in [4.78, 5) is 2.67. The van der Waals surface area contributed by atoms with E-state index >= 15 is 0 Å². The van der Waals surface area contributed by atoms with Gasteiger partial charge in [0.1, 0.15) is 0 Å². The average Bonchev–Trinajstić information content (AvgIpc) is 2.29. The third kappa shape index (κ3) is 3.71. The Kier molecular flexibility index (Phi) is 5.08. The van der Waals surface area contributed by atoms with Gasteiger partial charge >= 0.3 is 0 Å². The van der Waals surface area contributed by atoms with Gasteiger partial charge in [0.25, 0.3) is 0 Å². The van der Waals surface area contributed by atoms with Crippen molar-refractivity contribution < 1.29 is 0 Å². The number of nitrogens with zero attached hydrogens (tertiary/aromatic N) is 1. The van der Waals surface area contributed by atoms with Crippen molar-refractivity contribution in [2.24, 2.45) is 17.3 Å². The molecule has 1 saturated heterocycles. The number of rotatable bonds is 6. The van der Waals surface area contributed by atoms with Crippen molar-refractivity contribution in [3.8, 4) is 0 Å². The number of hydrogen-bond donors (Lipinski definition) is 1. The van der Waals surface area contributed by atoms with Gasteiger partial charge in [0, 0.05) is 19.6 Å². The van der Waals surface area contributed by atoms with Gasteiger partial charge in [-0.15, -0.1) is 0 Å². The quantitative estimate of drug-likeness (QED) is 0.731. The molecule has 1 saturated carbocycles. The first-order valence-corrected chi connectivity index (χ1v) is 8.06. The summed E-state index contributed by atoms with van der Waals surface area (Å²) >= 11 is 0. The van der Waals surface area contributed by atoms with Gasteiger partial charge in [-0.3, -0.25) is 0 Å². The molecule has 0 amide bonds. The first-order valence-electron chi connectivity index (χ1n) is 8.06. The summed E-state index contributed by atoms with van der Waals surface area (Å²) in [5.41, 5.74) is 0.740. The van der Waals surface area contributed by atoms with Crippen LogP contribution in [0.5, 0.6) is 0 Å². The predicted octanol–water partition coefficient (Wildman–Crippen LogP) is 3.13. The normalized spacial score (nSPS) is 24.7. The monoisotopic (exact) mass is 252 g/mol. The summed E-state index contributed by atoms with van der Waals surface area (Å²) in [6.07, 6.45) is 7.37. The largest absolute Gasteiger partial charge is 0.317 e. The van der Waals surface area contributed by atoms with E-state index in [2.05, 4.69) is 31.0 Å². The molecule has 0 aromatic heterocycles. The summed E-state index contributed by atoms with van der Waals surface area (Å²) in [6.45, 7) is 13.3. The zero-order valence-corrected chi connectivity index (χ0v) is 12.7. The van der Waals surface area contributed by atoms with Gasteiger partial charge in [-0.25, -0.2) is 0 Å². The highest BCUT2D eigenvalue weighted by atomic mass is 15.2. The highest BCUT2D eigenvalue weighted by Gasteiger charge is 2.44. The first kappa shape index (κ1) is 14.3. The minimum absolute atomic E-state index is 0.740. The van der Waals surface area contributed by atoms with Crippen LogP contribution in [0.25, 0.3) is 0 Å². The Morgan fingerprint density at radius 1 is 1.22 bits per heavy atom. The van der Waals surface area contributed by atoms with Gasteiger partial charge in [0.2, 0.25) is 0 Å². The van der Waals surface area contributed by atoms with E-state index in [1.165, 1.54) is 58.3 Å². The lowest BCUT2D eigenvalue weighted by molar-refractivity contribution is -0.0439. The van der Waals surface area contributed by atoms with Crippen LogP contribution in [-0.4, -0.2) is 37.6 Å². The second-order valence-electron chi connectivity index (χ2n) is 7.15. The highest BCUT2D eigenvalue weighted by Crippen LogP contribution is 2.46. The van der Waals surface area contributed by atoms with Crippen molar-refractivity contribution in [3.05, 3.63) is 0 Å². The molecule has 106 valence electrons. The van der Waals surface area contributed by atoms with Crippen LogP contribution in [0, 0.1) is 17.3 Å².